The van der Waals surface area contributed by atoms with Crippen molar-refractivity contribution in [1.29, 1.82) is 0 Å². The van der Waals surface area contributed by atoms with Crippen LogP contribution in [0.15, 0.2) is 23.4 Å². The van der Waals surface area contributed by atoms with E-state index in [9.17, 15) is 54.0 Å². The highest BCUT2D eigenvalue weighted by Crippen LogP contribution is 2.54. The third kappa shape index (κ3) is 3.94. The Morgan fingerprint density at radius 3 is 2.03 bits per heavy atom. The topological polar surface area (TPSA) is 92.9 Å². The molecule has 2 aromatic heterocycles. The van der Waals surface area contributed by atoms with Crippen molar-refractivity contribution in [3.8, 4) is 11.5 Å². The van der Waals surface area contributed by atoms with Gasteiger partial charge in [-0.3, -0.25) is 0 Å². The van der Waals surface area contributed by atoms with Gasteiger partial charge in [-0.25, -0.2) is 26.5 Å². The van der Waals surface area contributed by atoms with Crippen LogP contribution >= 0.6 is 0 Å². The molecule has 0 spiro atoms. The second kappa shape index (κ2) is 7.95. The summed E-state index contributed by atoms with van der Waals surface area (Å²) in [6.45, 7) is 1.20. The van der Waals surface area contributed by atoms with E-state index in [2.05, 4.69) is 0 Å². The van der Waals surface area contributed by atoms with Crippen molar-refractivity contribution >= 4 is 9.84 Å². The fourth-order valence-electron chi connectivity index (χ4n) is 3.50. The van der Waals surface area contributed by atoms with Crippen LogP contribution in [0.1, 0.15) is 43.1 Å². The van der Waals surface area contributed by atoms with Crippen LogP contribution in [-0.4, -0.2) is 36.8 Å². The monoisotopic (exact) mass is 523 g/mol. The Hall–Kier alpha value is -2.65. The molecular formula is C18H17F8N3O4S. The molecule has 1 aliphatic carbocycles. The zero-order valence-corrected chi connectivity index (χ0v) is 18.2. The number of sulfone groups is 1. The molecule has 0 aliphatic heterocycles. The summed E-state index contributed by atoms with van der Waals surface area (Å²) in [5.41, 5.74) is -8.77. The summed E-state index contributed by atoms with van der Waals surface area (Å²) in [4.78, 5) is -0.722. The van der Waals surface area contributed by atoms with Crippen molar-refractivity contribution in [3.63, 3.8) is 0 Å². The highest BCUT2D eigenvalue weighted by atomic mass is 32.2. The minimum atomic E-state index is -6.76. The maximum Gasteiger partial charge on any atom is 0.435 e. The molecule has 2 aromatic rings. The van der Waals surface area contributed by atoms with Crippen LogP contribution in [0.3, 0.4) is 0 Å². The highest BCUT2D eigenvalue weighted by molar-refractivity contribution is 7.91. The van der Waals surface area contributed by atoms with Gasteiger partial charge in [0, 0.05) is 5.56 Å². The van der Waals surface area contributed by atoms with Crippen molar-refractivity contribution in [2.45, 2.75) is 54.8 Å². The molecule has 1 aliphatic rings. The van der Waals surface area contributed by atoms with E-state index in [4.69, 9.17) is 0 Å². The van der Waals surface area contributed by atoms with E-state index in [0.717, 1.165) is 12.3 Å². The Morgan fingerprint density at radius 1 is 1.06 bits per heavy atom. The third-order valence-electron chi connectivity index (χ3n) is 5.59. The molecule has 0 N–H and O–H groups in total. The molecule has 190 valence electrons. The number of alkyl halides is 8. The predicted octanol–water partition coefficient (Wildman–Crippen LogP) is 3.47. The first-order chi connectivity index (χ1) is 15.4. The molecular weight excluding hydrogens is 506 g/mol. The number of rotatable bonds is 6. The Kier molecular flexibility index (Phi) is 6.07. The number of pyridine rings is 1. The summed E-state index contributed by atoms with van der Waals surface area (Å²) in [5, 5.41) is 25.2. The standard InChI is InChI=1S/C18H17F8N3O4S/c1-3-34(32,33)12-6-10(9-4-5-9)7-28(30)13(12)15-27(2)11(8-29(15)31)14(19)16(20,17(21,22)23)18(24,25)26/h6-9,14H,3-5H2,1-2H3. The van der Waals surface area contributed by atoms with Crippen molar-refractivity contribution in [3.05, 3.63) is 40.1 Å². The Balaban J connectivity index is 2.29. The van der Waals surface area contributed by atoms with Crippen molar-refractivity contribution < 1.29 is 53.0 Å². The van der Waals surface area contributed by atoms with Crippen molar-refractivity contribution in [1.82, 2.24) is 4.57 Å². The fourth-order valence-corrected chi connectivity index (χ4v) is 4.60. The Bertz CT molecular complexity index is 1210. The largest absolute Gasteiger partial charge is 0.710 e. The van der Waals surface area contributed by atoms with Gasteiger partial charge in [0.25, 0.3) is 0 Å². The van der Waals surface area contributed by atoms with Gasteiger partial charge in [0.1, 0.15) is 11.1 Å². The lowest BCUT2D eigenvalue weighted by atomic mass is 9.96. The average Bonchev–Trinajstić information content (AvgIpc) is 3.51. The molecule has 0 bridgehead atoms. The number of hydrogen-bond donors (Lipinski definition) is 0. The van der Waals surface area contributed by atoms with Crippen LogP contribution in [0.25, 0.3) is 11.5 Å². The number of halogens is 8. The Labute approximate surface area is 187 Å². The quantitative estimate of drug-likeness (QED) is 0.329. The summed E-state index contributed by atoms with van der Waals surface area (Å²) in [7, 11) is -3.65. The first-order valence-electron chi connectivity index (χ1n) is 9.63. The molecule has 3 rings (SSSR count). The lowest BCUT2D eigenvalue weighted by Gasteiger charge is -2.31. The first-order valence-corrected chi connectivity index (χ1v) is 11.3. The minimum absolute atomic E-state index is 0.0762. The van der Waals surface area contributed by atoms with Gasteiger partial charge in [-0.15, -0.1) is 0 Å². The number of nitrogens with zero attached hydrogens (tertiary/aromatic N) is 3. The molecule has 7 nitrogen and oxygen atoms in total. The van der Waals surface area contributed by atoms with E-state index >= 15 is 0 Å². The first kappa shape index (κ1) is 26.0. The lowest BCUT2D eigenvalue weighted by Crippen LogP contribution is -2.56. The van der Waals surface area contributed by atoms with E-state index < -0.39 is 66.6 Å². The molecule has 0 saturated heterocycles. The van der Waals surface area contributed by atoms with E-state index in [0.29, 0.717) is 19.9 Å². The van der Waals surface area contributed by atoms with E-state index in [-0.39, 0.29) is 27.0 Å². The molecule has 34 heavy (non-hydrogen) atoms. The van der Waals surface area contributed by atoms with Gasteiger partial charge in [-0.2, -0.15) is 31.1 Å². The minimum Gasteiger partial charge on any atom is -0.710 e. The SMILES string of the molecule is CCS(=O)(=O)c1cc(C2CC2)c[n+]([O-])c1-c1n(C)c(C(F)C(F)(C(F)(F)F)C(F)(F)F)c[n+]1[O-]. The molecule has 1 atom stereocenters. The molecule has 0 aromatic carbocycles. The van der Waals surface area contributed by atoms with Gasteiger partial charge in [0.05, 0.1) is 12.8 Å². The lowest BCUT2D eigenvalue weighted by molar-refractivity contribution is -0.627. The van der Waals surface area contributed by atoms with Gasteiger partial charge < -0.3 is 10.4 Å². The summed E-state index contributed by atoms with van der Waals surface area (Å²) in [5.74, 6) is -1.82. The van der Waals surface area contributed by atoms with Crippen LogP contribution in [0, 0.1) is 10.4 Å². The summed E-state index contributed by atoms with van der Waals surface area (Å²) in [6, 6.07) is 1.07. The zero-order chi connectivity index (χ0) is 26.0. The van der Waals surface area contributed by atoms with E-state index in [1.807, 2.05) is 0 Å². The van der Waals surface area contributed by atoms with Crippen LogP contribution < -0.4 is 9.46 Å². The maximum absolute atomic E-state index is 14.6. The third-order valence-corrected chi connectivity index (χ3v) is 7.33. The van der Waals surface area contributed by atoms with Crippen LogP contribution in [0.5, 0.6) is 0 Å². The fraction of sp³-hybridized carbons (Fsp3) is 0.556. The van der Waals surface area contributed by atoms with Crippen LogP contribution in [-0.2, 0) is 16.9 Å². The van der Waals surface area contributed by atoms with Gasteiger partial charge in [-0.1, -0.05) is 6.92 Å². The smallest absolute Gasteiger partial charge is 0.435 e. The predicted molar refractivity (Wildman–Crippen MR) is 98.3 cm³/mol. The summed E-state index contributed by atoms with van der Waals surface area (Å²) >= 11 is 0. The van der Waals surface area contributed by atoms with Gasteiger partial charge in [0.15, 0.2) is 21.7 Å². The number of aromatic nitrogens is 3. The zero-order valence-electron chi connectivity index (χ0n) is 17.4. The Morgan fingerprint density at radius 2 is 1.59 bits per heavy atom. The van der Waals surface area contributed by atoms with E-state index in [1.54, 1.807) is 0 Å². The van der Waals surface area contributed by atoms with Gasteiger partial charge in [-0.05, 0) is 24.8 Å². The van der Waals surface area contributed by atoms with Gasteiger partial charge in [0.2, 0.25) is 6.17 Å². The number of imidazole rings is 1. The average molecular weight is 523 g/mol. The maximum atomic E-state index is 14.6. The van der Waals surface area contributed by atoms with E-state index in [1.165, 1.54) is 6.92 Å². The molecule has 1 saturated carbocycles. The summed E-state index contributed by atoms with van der Waals surface area (Å²) < 4.78 is 132. The van der Waals surface area contributed by atoms with Gasteiger partial charge >= 0.3 is 29.5 Å². The van der Waals surface area contributed by atoms with Crippen molar-refractivity contribution in [2.24, 2.45) is 7.05 Å². The van der Waals surface area contributed by atoms with Crippen molar-refractivity contribution in [2.75, 3.05) is 5.75 Å². The molecule has 0 amide bonds. The van der Waals surface area contributed by atoms with Crippen LogP contribution in [0.2, 0.25) is 0 Å². The molecule has 0 radical (unpaired) electrons. The van der Waals surface area contributed by atoms with Crippen LogP contribution in [0.4, 0.5) is 35.1 Å². The normalized spacial score (nSPS) is 16.6. The second-order valence-electron chi connectivity index (χ2n) is 7.82. The molecule has 2 heterocycles. The summed E-state index contributed by atoms with van der Waals surface area (Å²) in [6.07, 6.45) is -15.9. The molecule has 1 fully saturated rings. The molecule has 1 unspecified atom stereocenters. The molecule has 16 heteroatoms. The second-order valence-corrected chi connectivity index (χ2v) is 10.1. The number of hydrogen-bond acceptors (Lipinski definition) is 4. The highest BCUT2D eigenvalue weighted by Gasteiger charge is 2.78.